The van der Waals surface area contributed by atoms with Crippen LogP contribution < -0.4 is 4.90 Å². The number of likely N-dealkylation sites (N-methyl/N-ethyl adjacent to an activating group) is 1. The van der Waals surface area contributed by atoms with Crippen molar-refractivity contribution in [3.05, 3.63) is 59.7 Å². The molecule has 26 heavy (non-hydrogen) atoms. The number of ether oxygens (including phenoxy) is 2. The highest BCUT2D eigenvalue weighted by Gasteiger charge is 2.54. The third-order valence-electron chi connectivity index (χ3n) is 4.67. The lowest BCUT2D eigenvalue weighted by atomic mass is 9.95. The fourth-order valence-electron chi connectivity index (χ4n) is 3.49. The highest BCUT2D eigenvalue weighted by molar-refractivity contribution is 6.10. The van der Waals surface area contributed by atoms with Gasteiger partial charge in [-0.1, -0.05) is 0 Å². The van der Waals surface area contributed by atoms with Gasteiger partial charge in [-0.05, 0) is 62.1 Å². The SMILES string of the molecule is COC(OC)(C1C(=O)N(c2ccc(F)cc2)c2ccc(F)cc21)N(C)C. The summed E-state index contributed by atoms with van der Waals surface area (Å²) in [4.78, 5) is 16.4. The molecule has 0 saturated carbocycles. The summed E-state index contributed by atoms with van der Waals surface area (Å²) in [6.45, 7) is 0. The maximum absolute atomic E-state index is 14.0. The second kappa shape index (κ2) is 6.75. The summed E-state index contributed by atoms with van der Waals surface area (Å²) in [6.07, 6.45) is 0. The predicted octanol–water partition coefficient (Wildman–Crippen LogP) is 3.23. The number of anilines is 2. The van der Waals surface area contributed by atoms with Gasteiger partial charge in [0.15, 0.2) is 0 Å². The first-order valence-electron chi connectivity index (χ1n) is 8.02. The van der Waals surface area contributed by atoms with Gasteiger partial charge < -0.3 is 9.47 Å². The number of methoxy groups -OCH3 is 2. The first-order chi connectivity index (χ1) is 12.4. The zero-order valence-electron chi connectivity index (χ0n) is 15.0. The normalized spacial score (nSPS) is 17.1. The Bertz CT molecular complexity index is 820. The summed E-state index contributed by atoms with van der Waals surface area (Å²) in [5.41, 5.74) is 1.43. The lowest BCUT2D eigenvalue weighted by Gasteiger charge is -2.40. The fraction of sp³-hybridized carbons (Fsp3) is 0.316. The molecule has 0 aromatic heterocycles. The van der Waals surface area contributed by atoms with Crippen LogP contribution in [-0.4, -0.2) is 45.0 Å². The molecule has 0 bridgehead atoms. The van der Waals surface area contributed by atoms with Gasteiger partial charge in [-0.3, -0.25) is 14.6 Å². The van der Waals surface area contributed by atoms with Crippen molar-refractivity contribution >= 4 is 17.3 Å². The summed E-state index contributed by atoms with van der Waals surface area (Å²) >= 11 is 0. The summed E-state index contributed by atoms with van der Waals surface area (Å²) < 4.78 is 38.4. The van der Waals surface area contributed by atoms with Crippen molar-refractivity contribution in [1.29, 1.82) is 0 Å². The van der Waals surface area contributed by atoms with Crippen LogP contribution in [0.5, 0.6) is 0 Å². The average Bonchev–Trinajstić information content (AvgIpc) is 2.89. The van der Waals surface area contributed by atoms with Gasteiger partial charge in [-0.2, -0.15) is 0 Å². The molecule has 0 radical (unpaired) electrons. The lowest BCUT2D eigenvalue weighted by Crippen LogP contribution is -2.55. The highest BCUT2D eigenvalue weighted by atomic mass is 19.1. The van der Waals surface area contributed by atoms with Crippen LogP contribution in [0.3, 0.4) is 0 Å². The van der Waals surface area contributed by atoms with Gasteiger partial charge in [-0.25, -0.2) is 8.78 Å². The molecule has 2 aromatic carbocycles. The van der Waals surface area contributed by atoms with E-state index in [1.165, 1.54) is 61.6 Å². The molecule has 1 heterocycles. The van der Waals surface area contributed by atoms with E-state index in [2.05, 4.69) is 0 Å². The van der Waals surface area contributed by atoms with E-state index in [-0.39, 0.29) is 5.91 Å². The second-order valence-corrected chi connectivity index (χ2v) is 6.22. The van der Waals surface area contributed by atoms with Crippen molar-refractivity contribution in [1.82, 2.24) is 4.90 Å². The van der Waals surface area contributed by atoms with E-state index in [9.17, 15) is 13.6 Å². The topological polar surface area (TPSA) is 42.0 Å². The molecular weight excluding hydrogens is 342 g/mol. The number of hydrogen-bond acceptors (Lipinski definition) is 4. The number of carbonyl (C=O) groups excluding carboxylic acids is 1. The van der Waals surface area contributed by atoms with Crippen LogP contribution in [-0.2, 0) is 14.3 Å². The molecule has 138 valence electrons. The van der Waals surface area contributed by atoms with Crippen molar-refractivity contribution in [3.63, 3.8) is 0 Å². The molecule has 7 heteroatoms. The summed E-state index contributed by atoms with van der Waals surface area (Å²) in [7, 11) is 6.27. The van der Waals surface area contributed by atoms with Gasteiger partial charge in [0.1, 0.15) is 17.6 Å². The number of benzene rings is 2. The van der Waals surface area contributed by atoms with Crippen molar-refractivity contribution in [2.75, 3.05) is 33.2 Å². The number of amides is 1. The molecule has 1 aliphatic heterocycles. The van der Waals surface area contributed by atoms with Crippen LogP contribution in [0.15, 0.2) is 42.5 Å². The fourth-order valence-corrected chi connectivity index (χ4v) is 3.49. The number of nitrogens with zero attached hydrogens (tertiary/aromatic N) is 2. The Balaban J connectivity index is 2.21. The molecule has 2 aromatic rings. The minimum Gasteiger partial charge on any atom is -0.340 e. The number of rotatable bonds is 5. The molecule has 1 amide bonds. The Kier molecular flexibility index (Phi) is 4.79. The number of carbonyl (C=O) groups is 1. The largest absolute Gasteiger partial charge is 0.340 e. The maximum Gasteiger partial charge on any atom is 0.246 e. The third-order valence-corrected chi connectivity index (χ3v) is 4.67. The van der Waals surface area contributed by atoms with E-state index in [1.807, 2.05) is 0 Å². The summed E-state index contributed by atoms with van der Waals surface area (Å²) in [6, 6.07) is 9.65. The van der Waals surface area contributed by atoms with Gasteiger partial charge in [0.05, 0.1) is 5.69 Å². The first-order valence-corrected chi connectivity index (χ1v) is 8.02. The molecule has 3 rings (SSSR count). The van der Waals surface area contributed by atoms with Crippen molar-refractivity contribution in [2.45, 2.75) is 11.8 Å². The Morgan fingerprint density at radius 3 is 2.12 bits per heavy atom. The van der Waals surface area contributed by atoms with Crippen molar-refractivity contribution in [2.24, 2.45) is 0 Å². The number of fused-ring (bicyclic) bond motifs is 1. The van der Waals surface area contributed by atoms with Gasteiger partial charge in [-0.15, -0.1) is 0 Å². The quantitative estimate of drug-likeness (QED) is 0.766. The Labute approximate surface area is 150 Å². The molecule has 0 N–H and O–H groups in total. The molecule has 0 saturated heterocycles. The van der Waals surface area contributed by atoms with E-state index in [4.69, 9.17) is 9.47 Å². The number of hydrogen-bond donors (Lipinski definition) is 0. The van der Waals surface area contributed by atoms with E-state index in [0.29, 0.717) is 16.9 Å². The van der Waals surface area contributed by atoms with Crippen LogP contribution >= 0.6 is 0 Å². The van der Waals surface area contributed by atoms with Crippen LogP contribution in [0.1, 0.15) is 11.5 Å². The summed E-state index contributed by atoms with van der Waals surface area (Å²) in [5, 5.41) is 0. The summed E-state index contributed by atoms with van der Waals surface area (Å²) in [5.74, 6) is -3.58. The molecule has 1 unspecified atom stereocenters. The lowest BCUT2D eigenvalue weighted by molar-refractivity contribution is -0.291. The molecular formula is C19H20F2N2O3. The smallest absolute Gasteiger partial charge is 0.246 e. The van der Waals surface area contributed by atoms with Crippen molar-refractivity contribution < 1.29 is 23.0 Å². The van der Waals surface area contributed by atoms with Gasteiger partial charge in [0.25, 0.3) is 0 Å². The van der Waals surface area contributed by atoms with Gasteiger partial charge in [0, 0.05) is 19.9 Å². The Hall–Kier alpha value is -2.35. The third kappa shape index (κ3) is 2.68. The van der Waals surface area contributed by atoms with E-state index in [1.54, 1.807) is 19.0 Å². The highest BCUT2D eigenvalue weighted by Crippen LogP contribution is 2.48. The van der Waals surface area contributed by atoms with Crippen LogP contribution in [0, 0.1) is 11.6 Å². The minimum atomic E-state index is -1.42. The molecule has 5 nitrogen and oxygen atoms in total. The molecule has 0 spiro atoms. The zero-order valence-corrected chi connectivity index (χ0v) is 15.0. The van der Waals surface area contributed by atoms with Crippen LogP contribution in [0.2, 0.25) is 0 Å². The first kappa shape index (κ1) is 18.4. The average molecular weight is 362 g/mol. The molecule has 1 aliphatic rings. The monoisotopic (exact) mass is 362 g/mol. The van der Waals surface area contributed by atoms with E-state index >= 15 is 0 Å². The number of halogens is 2. The Morgan fingerprint density at radius 2 is 1.58 bits per heavy atom. The maximum atomic E-state index is 14.0. The minimum absolute atomic E-state index is 0.352. The molecule has 0 fully saturated rings. The van der Waals surface area contributed by atoms with E-state index in [0.717, 1.165) is 0 Å². The van der Waals surface area contributed by atoms with E-state index < -0.39 is 23.5 Å². The second-order valence-electron chi connectivity index (χ2n) is 6.22. The Morgan fingerprint density at radius 1 is 1.00 bits per heavy atom. The van der Waals surface area contributed by atoms with Gasteiger partial charge >= 0.3 is 0 Å². The van der Waals surface area contributed by atoms with Gasteiger partial charge in [0.2, 0.25) is 11.8 Å². The zero-order chi connectivity index (χ0) is 19.1. The standard InChI is InChI=1S/C19H20F2N2O3/c1-22(2)19(25-3,26-4)17-15-11-13(21)7-10-16(15)23(18(17)24)14-8-5-12(20)6-9-14/h5-11,17H,1-4H3. The van der Waals surface area contributed by atoms with Crippen molar-refractivity contribution in [3.8, 4) is 0 Å². The molecule has 1 atom stereocenters. The van der Waals surface area contributed by atoms with Crippen LogP contribution in [0.4, 0.5) is 20.2 Å². The predicted molar refractivity (Wildman–Crippen MR) is 93.1 cm³/mol. The van der Waals surface area contributed by atoms with Crippen LogP contribution in [0.25, 0.3) is 0 Å². The molecule has 0 aliphatic carbocycles.